The summed E-state index contributed by atoms with van der Waals surface area (Å²) in [6, 6.07) is 13.3. The first-order valence-corrected chi connectivity index (χ1v) is 8.16. The zero-order valence-electron chi connectivity index (χ0n) is 14.8. The van der Waals surface area contributed by atoms with Gasteiger partial charge in [-0.25, -0.2) is 0 Å². The second-order valence-corrected chi connectivity index (χ2v) is 5.87. The highest BCUT2D eigenvalue weighted by Gasteiger charge is 2.31. The SMILES string of the molecule is N#Cc1cc(-c2ccc(OC(F)(F)F)cc2)ncc1-c1ccc(OC(F)(F)F)cc1. The molecule has 0 spiro atoms. The molecule has 3 aromatic rings. The molecule has 154 valence electrons. The maximum absolute atomic E-state index is 12.3. The van der Waals surface area contributed by atoms with Crippen LogP contribution < -0.4 is 9.47 Å². The highest BCUT2D eigenvalue weighted by Crippen LogP contribution is 2.31. The summed E-state index contributed by atoms with van der Waals surface area (Å²) in [7, 11) is 0. The molecule has 10 heteroatoms. The van der Waals surface area contributed by atoms with E-state index >= 15 is 0 Å². The van der Waals surface area contributed by atoms with Crippen LogP contribution in [0.1, 0.15) is 5.56 Å². The Kier molecular flexibility index (Phi) is 5.56. The summed E-state index contributed by atoms with van der Waals surface area (Å²) >= 11 is 0. The molecule has 0 amide bonds. The average Bonchev–Trinajstić information content (AvgIpc) is 2.66. The number of hydrogen-bond donors (Lipinski definition) is 0. The molecule has 0 aliphatic rings. The predicted molar refractivity (Wildman–Crippen MR) is 93.2 cm³/mol. The van der Waals surface area contributed by atoms with E-state index in [2.05, 4.69) is 14.5 Å². The smallest absolute Gasteiger partial charge is 0.406 e. The fraction of sp³-hybridized carbons (Fsp3) is 0.100. The summed E-state index contributed by atoms with van der Waals surface area (Å²) in [5.41, 5.74) is 1.76. The molecule has 0 saturated heterocycles. The average molecular weight is 424 g/mol. The highest BCUT2D eigenvalue weighted by atomic mass is 19.4. The first kappa shape index (κ1) is 21.0. The topological polar surface area (TPSA) is 55.1 Å². The molecule has 0 bridgehead atoms. The number of halogens is 6. The van der Waals surface area contributed by atoms with E-state index in [1.807, 2.05) is 6.07 Å². The Balaban J connectivity index is 1.86. The second kappa shape index (κ2) is 7.94. The van der Waals surface area contributed by atoms with Gasteiger partial charge in [0, 0.05) is 17.3 Å². The van der Waals surface area contributed by atoms with E-state index in [1.54, 1.807) is 0 Å². The minimum absolute atomic E-state index is 0.181. The van der Waals surface area contributed by atoms with Gasteiger partial charge in [0.25, 0.3) is 0 Å². The Morgan fingerprint density at radius 1 is 0.733 bits per heavy atom. The molecule has 1 heterocycles. The summed E-state index contributed by atoms with van der Waals surface area (Å²) in [5.74, 6) is -0.806. The van der Waals surface area contributed by atoms with Crippen LogP contribution in [-0.4, -0.2) is 17.7 Å². The fourth-order valence-electron chi connectivity index (χ4n) is 2.60. The minimum Gasteiger partial charge on any atom is -0.406 e. The lowest BCUT2D eigenvalue weighted by molar-refractivity contribution is -0.275. The molecular formula is C20H10F6N2O2. The molecule has 4 nitrogen and oxygen atoms in total. The quantitative estimate of drug-likeness (QED) is 0.476. The van der Waals surface area contributed by atoms with Crippen LogP contribution in [0.4, 0.5) is 26.3 Å². The van der Waals surface area contributed by atoms with Crippen molar-refractivity contribution in [3.63, 3.8) is 0 Å². The van der Waals surface area contributed by atoms with Crippen molar-refractivity contribution < 1.29 is 35.8 Å². The Labute approximate surface area is 165 Å². The van der Waals surface area contributed by atoms with Gasteiger partial charge in [0.05, 0.1) is 17.3 Å². The van der Waals surface area contributed by atoms with Crippen LogP contribution in [0.15, 0.2) is 60.8 Å². The molecule has 0 aliphatic carbocycles. The summed E-state index contributed by atoms with van der Waals surface area (Å²) in [4.78, 5) is 4.19. The van der Waals surface area contributed by atoms with Gasteiger partial charge in [-0.05, 0) is 48.0 Å². The first-order chi connectivity index (χ1) is 14.0. The Morgan fingerprint density at radius 3 is 1.63 bits per heavy atom. The van der Waals surface area contributed by atoms with Gasteiger partial charge in [0.2, 0.25) is 0 Å². The third-order valence-electron chi connectivity index (χ3n) is 3.81. The standard InChI is InChI=1S/C20H10F6N2O2/c21-19(22,23)29-15-5-1-12(2-6-15)17-11-28-18(9-14(17)10-27)13-3-7-16(8-4-13)30-20(24,25)26/h1-9,11H. The van der Waals surface area contributed by atoms with E-state index in [4.69, 9.17) is 0 Å². The molecule has 1 aromatic heterocycles. The Bertz CT molecular complexity index is 1070. The monoisotopic (exact) mass is 424 g/mol. The highest BCUT2D eigenvalue weighted by molar-refractivity contribution is 5.74. The number of nitrogens with zero attached hydrogens (tertiary/aromatic N) is 2. The predicted octanol–water partition coefficient (Wildman–Crippen LogP) is 6.08. The molecular weight excluding hydrogens is 414 g/mol. The molecule has 0 saturated carbocycles. The zero-order valence-corrected chi connectivity index (χ0v) is 14.8. The van der Waals surface area contributed by atoms with Crippen LogP contribution in [0.2, 0.25) is 0 Å². The van der Waals surface area contributed by atoms with E-state index in [9.17, 15) is 31.6 Å². The first-order valence-electron chi connectivity index (χ1n) is 8.16. The van der Waals surface area contributed by atoms with Gasteiger partial charge < -0.3 is 9.47 Å². The van der Waals surface area contributed by atoms with Gasteiger partial charge in [0.1, 0.15) is 11.5 Å². The van der Waals surface area contributed by atoms with Crippen molar-refractivity contribution >= 4 is 0 Å². The zero-order chi connectivity index (χ0) is 21.9. The van der Waals surface area contributed by atoms with Crippen molar-refractivity contribution in [2.75, 3.05) is 0 Å². The lowest BCUT2D eigenvalue weighted by Crippen LogP contribution is -2.17. The van der Waals surface area contributed by atoms with Crippen LogP contribution >= 0.6 is 0 Å². The summed E-state index contributed by atoms with van der Waals surface area (Å²) in [5, 5.41) is 9.43. The summed E-state index contributed by atoms with van der Waals surface area (Å²) in [6.07, 6.45) is -8.27. The van der Waals surface area contributed by atoms with Gasteiger partial charge in [-0.15, -0.1) is 26.3 Å². The van der Waals surface area contributed by atoms with Gasteiger partial charge in [-0.2, -0.15) is 5.26 Å². The van der Waals surface area contributed by atoms with Crippen molar-refractivity contribution in [2.24, 2.45) is 0 Å². The normalized spacial score (nSPS) is 11.6. The molecule has 0 N–H and O–H groups in total. The maximum Gasteiger partial charge on any atom is 0.573 e. The fourth-order valence-corrected chi connectivity index (χ4v) is 2.60. The molecule has 0 unspecified atom stereocenters. The van der Waals surface area contributed by atoms with E-state index in [0.29, 0.717) is 22.4 Å². The minimum atomic E-state index is -4.82. The van der Waals surface area contributed by atoms with Gasteiger partial charge in [-0.3, -0.25) is 4.98 Å². The number of ether oxygens (including phenoxy) is 2. The maximum atomic E-state index is 12.3. The van der Waals surface area contributed by atoms with E-state index in [0.717, 1.165) is 24.3 Å². The number of alkyl halides is 6. The summed E-state index contributed by atoms with van der Waals surface area (Å²) in [6.45, 7) is 0. The van der Waals surface area contributed by atoms with Gasteiger partial charge in [-0.1, -0.05) is 12.1 Å². The number of aromatic nitrogens is 1. The van der Waals surface area contributed by atoms with Crippen LogP contribution in [-0.2, 0) is 0 Å². The third-order valence-corrected chi connectivity index (χ3v) is 3.81. The van der Waals surface area contributed by atoms with Crippen molar-refractivity contribution in [2.45, 2.75) is 12.7 Å². The number of rotatable bonds is 4. The molecule has 30 heavy (non-hydrogen) atoms. The second-order valence-electron chi connectivity index (χ2n) is 5.87. The largest absolute Gasteiger partial charge is 0.573 e. The van der Waals surface area contributed by atoms with Gasteiger partial charge >= 0.3 is 12.7 Å². The number of nitriles is 1. The molecule has 0 atom stereocenters. The lowest BCUT2D eigenvalue weighted by atomic mass is 10.0. The van der Waals surface area contributed by atoms with Crippen molar-refractivity contribution in [3.8, 4) is 40.0 Å². The number of pyridine rings is 1. The van der Waals surface area contributed by atoms with Crippen molar-refractivity contribution in [3.05, 3.63) is 66.4 Å². The van der Waals surface area contributed by atoms with Crippen LogP contribution in [0, 0.1) is 11.3 Å². The van der Waals surface area contributed by atoms with Crippen molar-refractivity contribution in [1.82, 2.24) is 4.98 Å². The number of benzene rings is 2. The summed E-state index contributed by atoms with van der Waals surface area (Å²) < 4.78 is 81.1. The molecule has 0 fully saturated rings. The molecule has 3 rings (SSSR count). The van der Waals surface area contributed by atoms with E-state index < -0.39 is 24.2 Å². The third kappa shape index (κ3) is 5.41. The lowest BCUT2D eigenvalue weighted by Gasteiger charge is -2.11. The molecule has 2 aromatic carbocycles. The Hall–Kier alpha value is -3.74. The van der Waals surface area contributed by atoms with Crippen molar-refractivity contribution in [1.29, 1.82) is 5.26 Å². The number of hydrogen-bond acceptors (Lipinski definition) is 4. The molecule has 0 aliphatic heterocycles. The van der Waals surface area contributed by atoms with Crippen LogP contribution in [0.3, 0.4) is 0 Å². The van der Waals surface area contributed by atoms with Crippen LogP contribution in [0.25, 0.3) is 22.4 Å². The van der Waals surface area contributed by atoms with E-state index in [-0.39, 0.29) is 5.56 Å². The molecule has 0 radical (unpaired) electrons. The Morgan fingerprint density at radius 2 is 1.20 bits per heavy atom. The van der Waals surface area contributed by atoms with Crippen LogP contribution in [0.5, 0.6) is 11.5 Å². The van der Waals surface area contributed by atoms with Gasteiger partial charge in [0.15, 0.2) is 0 Å². The van der Waals surface area contributed by atoms with E-state index in [1.165, 1.54) is 36.5 Å².